The zero-order valence-corrected chi connectivity index (χ0v) is 15.1. The maximum atomic E-state index is 13.1. The number of nitrogens with one attached hydrogen (secondary N) is 1. The lowest BCUT2D eigenvalue weighted by molar-refractivity contribution is -0.125. The lowest BCUT2D eigenvalue weighted by atomic mass is 10.1. The Morgan fingerprint density at radius 3 is 2.67 bits per heavy atom. The fraction of sp³-hybridized carbons (Fsp3) is 0.263. The molecule has 2 aromatic heterocycles. The maximum absolute atomic E-state index is 13.1. The minimum atomic E-state index is -0.516. The fourth-order valence-corrected chi connectivity index (χ4v) is 2.67. The first-order valence-electron chi connectivity index (χ1n) is 8.48. The summed E-state index contributed by atoms with van der Waals surface area (Å²) in [7, 11) is 3.59. The van der Waals surface area contributed by atoms with Crippen LogP contribution in [0.3, 0.4) is 0 Å². The number of nitrogens with zero attached hydrogens (tertiary/aromatic N) is 4. The zero-order chi connectivity index (χ0) is 19.2. The highest BCUT2D eigenvalue weighted by Crippen LogP contribution is 2.19. The van der Waals surface area contributed by atoms with Crippen LogP contribution in [0.25, 0.3) is 11.5 Å². The van der Waals surface area contributed by atoms with Crippen molar-refractivity contribution >= 4 is 5.91 Å². The highest BCUT2D eigenvalue weighted by Gasteiger charge is 2.22. The van der Waals surface area contributed by atoms with Crippen molar-refractivity contribution in [3.63, 3.8) is 0 Å². The average molecular weight is 369 g/mol. The van der Waals surface area contributed by atoms with E-state index in [-0.39, 0.29) is 11.7 Å². The number of hydrogen-bond donors (Lipinski definition) is 1. The molecule has 1 atom stereocenters. The number of benzene rings is 1. The molecule has 3 aromatic rings. The third-order valence-corrected chi connectivity index (χ3v) is 3.95. The molecule has 7 nitrogen and oxygen atoms in total. The number of rotatable bonds is 7. The predicted molar refractivity (Wildman–Crippen MR) is 97.1 cm³/mol. The lowest BCUT2D eigenvalue weighted by Crippen LogP contribution is -2.37. The monoisotopic (exact) mass is 369 g/mol. The number of likely N-dealkylation sites (N-methyl/N-ethyl adjacent to an activating group) is 1. The first kappa shape index (κ1) is 18.7. The summed E-state index contributed by atoms with van der Waals surface area (Å²) in [6.07, 6.45) is 2.05. The number of amides is 1. The van der Waals surface area contributed by atoms with E-state index in [1.165, 1.54) is 12.1 Å². The third kappa shape index (κ3) is 4.73. The largest absolute Gasteiger partial charge is 0.354 e. The average Bonchev–Trinajstić information content (AvgIpc) is 3.13. The first-order valence-corrected chi connectivity index (χ1v) is 8.48. The van der Waals surface area contributed by atoms with Crippen molar-refractivity contribution in [3.05, 3.63) is 65.9 Å². The second kappa shape index (κ2) is 8.50. The van der Waals surface area contributed by atoms with E-state index in [2.05, 4.69) is 20.4 Å². The van der Waals surface area contributed by atoms with Gasteiger partial charge in [0.1, 0.15) is 17.6 Å². The minimum absolute atomic E-state index is 0.184. The summed E-state index contributed by atoms with van der Waals surface area (Å²) < 4.78 is 18.3. The Morgan fingerprint density at radius 2 is 2.00 bits per heavy atom. The van der Waals surface area contributed by atoms with Crippen molar-refractivity contribution in [1.82, 2.24) is 25.3 Å². The van der Waals surface area contributed by atoms with Crippen molar-refractivity contribution in [2.75, 3.05) is 20.6 Å². The highest BCUT2D eigenvalue weighted by molar-refractivity contribution is 5.83. The number of aromatic nitrogens is 3. The van der Waals surface area contributed by atoms with Gasteiger partial charge < -0.3 is 9.84 Å². The van der Waals surface area contributed by atoms with Gasteiger partial charge in [-0.15, -0.1) is 0 Å². The number of pyridine rings is 1. The molecule has 1 unspecified atom stereocenters. The molecular weight excluding hydrogens is 349 g/mol. The fourth-order valence-electron chi connectivity index (χ4n) is 2.67. The van der Waals surface area contributed by atoms with Gasteiger partial charge in [-0.3, -0.25) is 14.7 Å². The molecule has 0 spiro atoms. The van der Waals surface area contributed by atoms with E-state index in [0.29, 0.717) is 35.9 Å². The van der Waals surface area contributed by atoms with Gasteiger partial charge in [-0.2, -0.15) is 4.98 Å². The van der Waals surface area contributed by atoms with Gasteiger partial charge in [-0.25, -0.2) is 4.39 Å². The second-order valence-electron chi connectivity index (χ2n) is 6.19. The van der Waals surface area contributed by atoms with E-state index in [4.69, 9.17) is 4.52 Å². The molecule has 27 heavy (non-hydrogen) atoms. The molecule has 2 heterocycles. The van der Waals surface area contributed by atoms with Crippen LogP contribution >= 0.6 is 0 Å². The van der Waals surface area contributed by atoms with Gasteiger partial charge >= 0.3 is 0 Å². The van der Waals surface area contributed by atoms with Crippen molar-refractivity contribution < 1.29 is 13.7 Å². The quantitative estimate of drug-likeness (QED) is 0.688. The summed E-state index contributed by atoms with van der Waals surface area (Å²) in [6.45, 7) is 0.341. The van der Waals surface area contributed by atoms with Gasteiger partial charge in [0.15, 0.2) is 0 Å². The van der Waals surface area contributed by atoms with Crippen molar-refractivity contribution in [2.24, 2.45) is 0 Å². The van der Waals surface area contributed by atoms with Gasteiger partial charge in [0.2, 0.25) is 17.6 Å². The molecule has 8 heteroatoms. The van der Waals surface area contributed by atoms with Crippen LogP contribution in [0.4, 0.5) is 4.39 Å². The van der Waals surface area contributed by atoms with Gasteiger partial charge in [0.25, 0.3) is 0 Å². The molecule has 140 valence electrons. The summed E-state index contributed by atoms with van der Waals surface area (Å²) in [6, 6.07) is 10.8. The molecule has 0 aliphatic carbocycles. The van der Waals surface area contributed by atoms with Crippen LogP contribution in [-0.4, -0.2) is 46.6 Å². The molecule has 3 rings (SSSR count). The van der Waals surface area contributed by atoms with Crippen molar-refractivity contribution in [3.8, 4) is 11.5 Å². The summed E-state index contributed by atoms with van der Waals surface area (Å²) in [5, 5.41) is 6.76. The van der Waals surface area contributed by atoms with E-state index in [1.54, 1.807) is 43.4 Å². The molecule has 0 bridgehead atoms. The van der Waals surface area contributed by atoms with Crippen LogP contribution in [0.2, 0.25) is 0 Å². The Hall–Kier alpha value is -3.13. The van der Waals surface area contributed by atoms with Gasteiger partial charge in [0.05, 0.1) is 0 Å². The normalized spacial score (nSPS) is 12.1. The Kier molecular flexibility index (Phi) is 5.87. The van der Waals surface area contributed by atoms with Crippen LogP contribution in [-0.2, 0) is 11.2 Å². The Morgan fingerprint density at radius 1 is 1.22 bits per heavy atom. The first-order chi connectivity index (χ1) is 13.0. The molecule has 1 amide bonds. The summed E-state index contributed by atoms with van der Waals surface area (Å²) in [4.78, 5) is 22.8. The molecule has 0 saturated heterocycles. The van der Waals surface area contributed by atoms with Crippen molar-refractivity contribution in [2.45, 2.75) is 12.5 Å². The van der Waals surface area contributed by atoms with E-state index in [0.717, 1.165) is 0 Å². The minimum Gasteiger partial charge on any atom is -0.354 e. The Balaban J connectivity index is 1.58. The topological polar surface area (TPSA) is 84.2 Å². The van der Waals surface area contributed by atoms with Gasteiger partial charge in [0, 0.05) is 19.2 Å². The van der Waals surface area contributed by atoms with Crippen LogP contribution in [0.15, 0.2) is 53.2 Å². The number of hydrogen-bond acceptors (Lipinski definition) is 6. The second-order valence-corrected chi connectivity index (χ2v) is 6.19. The van der Waals surface area contributed by atoms with Crippen LogP contribution < -0.4 is 5.32 Å². The number of halogens is 1. The molecule has 0 aliphatic rings. The molecule has 0 aliphatic heterocycles. The van der Waals surface area contributed by atoms with Crippen LogP contribution in [0, 0.1) is 5.82 Å². The van der Waals surface area contributed by atoms with Crippen LogP contribution in [0.5, 0.6) is 0 Å². The summed E-state index contributed by atoms with van der Waals surface area (Å²) in [5.74, 6) is 0.307. The lowest BCUT2D eigenvalue weighted by Gasteiger charge is -2.23. The van der Waals surface area contributed by atoms with Gasteiger partial charge in [-0.05, 0) is 43.9 Å². The molecule has 1 N–H and O–H groups in total. The SMILES string of the molecule is CN(C)C(C(=O)NCCc1nc(-c2ccccn2)no1)c1ccc(F)cc1. The summed E-state index contributed by atoms with van der Waals surface area (Å²) >= 11 is 0. The predicted octanol–water partition coefficient (Wildman–Crippen LogP) is 2.23. The standard InChI is InChI=1S/C19H20FN5O2/c1-25(2)17(13-6-8-14(20)9-7-13)19(26)22-12-10-16-23-18(24-27-16)15-5-3-4-11-21-15/h3-9,11,17H,10,12H2,1-2H3,(H,22,26). The molecular formula is C19H20FN5O2. The van der Waals surface area contributed by atoms with E-state index < -0.39 is 6.04 Å². The molecule has 0 saturated carbocycles. The van der Waals surface area contributed by atoms with Crippen molar-refractivity contribution in [1.29, 1.82) is 0 Å². The molecule has 0 fully saturated rings. The smallest absolute Gasteiger partial charge is 0.241 e. The highest BCUT2D eigenvalue weighted by atomic mass is 19.1. The summed E-state index contributed by atoms with van der Waals surface area (Å²) in [5.41, 5.74) is 1.34. The maximum Gasteiger partial charge on any atom is 0.241 e. The third-order valence-electron chi connectivity index (χ3n) is 3.95. The zero-order valence-electron chi connectivity index (χ0n) is 15.1. The Bertz CT molecular complexity index is 881. The van der Waals surface area contributed by atoms with E-state index in [1.807, 2.05) is 12.1 Å². The molecule has 1 aromatic carbocycles. The van der Waals surface area contributed by atoms with E-state index in [9.17, 15) is 9.18 Å². The number of carbonyl (C=O) groups excluding carboxylic acids is 1. The van der Waals surface area contributed by atoms with Gasteiger partial charge in [-0.1, -0.05) is 23.4 Å². The number of carbonyl (C=O) groups is 1. The molecule has 0 radical (unpaired) electrons. The Labute approximate surface area is 156 Å². The van der Waals surface area contributed by atoms with Crippen LogP contribution in [0.1, 0.15) is 17.5 Å². The van der Waals surface area contributed by atoms with E-state index >= 15 is 0 Å².